The van der Waals surface area contributed by atoms with Crippen molar-refractivity contribution < 1.29 is 14.5 Å². The molecule has 0 aromatic heterocycles. The van der Waals surface area contributed by atoms with Gasteiger partial charge in [-0.25, -0.2) is 0 Å². The molecular weight excluding hydrogens is 294 g/mol. The number of hydrogen-bond acceptors (Lipinski definition) is 4. The molecule has 0 radical (unpaired) electrons. The Balaban J connectivity index is 2.49. The summed E-state index contributed by atoms with van der Waals surface area (Å²) in [4.78, 5) is 22.7. The standard InChI is InChI=1S/C18H15NO4/c1-11(23-12(2)20)17-15-9-5-3-7-13(15)14-8-4-6-10-16(14)18(17)19(21)22/h3-11H,1-2H3. The number of esters is 1. The van der Waals surface area contributed by atoms with Gasteiger partial charge in [0, 0.05) is 6.92 Å². The topological polar surface area (TPSA) is 69.4 Å². The summed E-state index contributed by atoms with van der Waals surface area (Å²) in [5.41, 5.74) is 0.424. The van der Waals surface area contributed by atoms with Crippen LogP contribution in [0.3, 0.4) is 0 Å². The van der Waals surface area contributed by atoms with Crippen LogP contribution in [0.4, 0.5) is 5.69 Å². The number of rotatable bonds is 3. The summed E-state index contributed by atoms with van der Waals surface area (Å²) in [7, 11) is 0. The van der Waals surface area contributed by atoms with Crippen LogP contribution in [0.1, 0.15) is 25.5 Å². The van der Waals surface area contributed by atoms with Crippen LogP contribution in [0.5, 0.6) is 0 Å². The molecule has 23 heavy (non-hydrogen) atoms. The Labute approximate surface area is 132 Å². The molecule has 1 atom stereocenters. The van der Waals surface area contributed by atoms with Crippen molar-refractivity contribution in [1.82, 2.24) is 0 Å². The predicted octanol–water partition coefficient (Wildman–Crippen LogP) is 4.53. The highest BCUT2D eigenvalue weighted by Crippen LogP contribution is 2.41. The molecule has 3 aromatic rings. The van der Waals surface area contributed by atoms with Gasteiger partial charge in [-0.1, -0.05) is 42.5 Å². The van der Waals surface area contributed by atoms with Gasteiger partial charge in [0.15, 0.2) is 0 Å². The average Bonchev–Trinajstić information content (AvgIpc) is 2.52. The molecule has 3 aromatic carbocycles. The minimum atomic E-state index is -0.706. The van der Waals surface area contributed by atoms with E-state index >= 15 is 0 Å². The second-order valence-corrected chi connectivity index (χ2v) is 5.36. The van der Waals surface area contributed by atoms with E-state index < -0.39 is 17.0 Å². The second-order valence-electron chi connectivity index (χ2n) is 5.36. The quantitative estimate of drug-likeness (QED) is 0.308. The van der Waals surface area contributed by atoms with E-state index in [0.717, 1.165) is 16.2 Å². The molecule has 1 unspecified atom stereocenters. The van der Waals surface area contributed by atoms with Crippen molar-refractivity contribution in [2.75, 3.05) is 0 Å². The van der Waals surface area contributed by atoms with Gasteiger partial charge in [0.05, 0.1) is 15.9 Å². The largest absolute Gasteiger partial charge is 0.458 e. The van der Waals surface area contributed by atoms with Crippen LogP contribution in [0.2, 0.25) is 0 Å². The average molecular weight is 309 g/mol. The third-order valence-electron chi connectivity index (χ3n) is 3.88. The minimum absolute atomic E-state index is 0.00644. The molecule has 0 heterocycles. The maximum absolute atomic E-state index is 11.7. The molecule has 3 rings (SSSR count). The van der Waals surface area contributed by atoms with E-state index in [-0.39, 0.29) is 5.69 Å². The number of carbonyl (C=O) groups excluding carboxylic acids is 1. The molecule has 0 saturated heterocycles. The third-order valence-corrected chi connectivity index (χ3v) is 3.88. The Morgan fingerprint density at radius 1 is 1.00 bits per heavy atom. The number of nitro benzene ring substituents is 1. The van der Waals surface area contributed by atoms with Crippen molar-refractivity contribution in [3.63, 3.8) is 0 Å². The van der Waals surface area contributed by atoms with Gasteiger partial charge in [-0.3, -0.25) is 14.9 Å². The molecule has 0 amide bonds. The van der Waals surface area contributed by atoms with Crippen molar-refractivity contribution in [1.29, 1.82) is 0 Å². The Morgan fingerprint density at radius 3 is 2.00 bits per heavy atom. The van der Waals surface area contributed by atoms with E-state index in [1.165, 1.54) is 6.92 Å². The van der Waals surface area contributed by atoms with Crippen LogP contribution in [0.25, 0.3) is 21.5 Å². The first-order valence-electron chi connectivity index (χ1n) is 7.25. The number of hydrogen-bond donors (Lipinski definition) is 0. The zero-order valence-electron chi connectivity index (χ0n) is 12.8. The zero-order chi connectivity index (χ0) is 16.6. The molecule has 0 aliphatic carbocycles. The lowest BCUT2D eigenvalue weighted by atomic mass is 9.92. The Kier molecular flexibility index (Phi) is 3.70. The summed E-state index contributed by atoms with van der Waals surface area (Å²) >= 11 is 0. The lowest BCUT2D eigenvalue weighted by molar-refractivity contribution is -0.384. The fourth-order valence-electron chi connectivity index (χ4n) is 3.07. The smallest absolute Gasteiger partial charge is 0.303 e. The first-order valence-corrected chi connectivity index (χ1v) is 7.25. The molecule has 0 aliphatic heterocycles. The van der Waals surface area contributed by atoms with Crippen LogP contribution < -0.4 is 0 Å². The number of benzene rings is 3. The SMILES string of the molecule is CC(=O)OC(C)c1c([N+](=O)[O-])c2ccccc2c2ccccc12. The summed E-state index contributed by atoms with van der Waals surface area (Å²) in [6.07, 6.45) is -0.706. The monoisotopic (exact) mass is 309 g/mol. The van der Waals surface area contributed by atoms with Gasteiger partial charge in [-0.2, -0.15) is 0 Å². The highest BCUT2D eigenvalue weighted by atomic mass is 16.6. The maximum atomic E-state index is 11.7. The fourth-order valence-corrected chi connectivity index (χ4v) is 3.07. The maximum Gasteiger partial charge on any atom is 0.303 e. The molecular formula is C18H15NO4. The summed E-state index contributed by atoms with van der Waals surface area (Å²) < 4.78 is 5.24. The summed E-state index contributed by atoms with van der Waals surface area (Å²) in [5.74, 6) is -0.468. The van der Waals surface area contributed by atoms with Crippen molar-refractivity contribution >= 4 is 33.2 Å². The number of nitrogens with zero attached hydrogens (tertiary/aromatic N) is 1. The van der Waals surface area contributed by atoms with Crippen molar-refractivity contribution in [3.8, 4) is 0 Å². The van der Waals surface area contributed by atoms with E-state index in [1.54, 1.807) is 19.1 Å². The molecule has 0 aliphatic rings. The van der Waals surface area contributed by atoms with E-state index in [4.69, 9.17) is 4.74 Å². The Morgan fingerprint density at radius 2 is 1.48 bits per heavy atom. The van der Waals surface area contributed by atoms with Crippen LogP contribution in [0.15, 0.2) is 48.5 Å². The third kappa shape index (κ3) is 2.50. The van der Waals surface area contributed by atoms with E-state index in [2.05, 4.69) is 0 Å². The number of carbonyl (C=O) groups is 1. The molecule has 116 valence electrons. The predicted molar refractivity (Wildman–Crippen MR) is 88.3 cm³/mol. The molecule has 5 heteroatoms. The van der Waals surface area contributed by atoms with Gasteiger partial charge in [0.1, 0.15) is 6.10 Å². The van der Waals surface area contributed by atoms with Crippen LogP contribution >= 0.6 is 0 Å². The Hall–Kier alpha value is -2.95. The van der Waals surface area contributed by atoms with Crippen molar-refractivity contribution in [2.45, 2.75) is 20.0 Å². The number of fused-ring (bicyclic) bond motifs is 3. The van der Waals surface area contributed by atoms with Crippen LogP contribution in [-0.2, 0) is 9.53 Å². The highest BCUT2D eigenvalue weighted by Gasteiger charge is 2.27. The lowest BCUT2D eigenvalue weighted by Gasteiger charge is -2.17. The molecule has 5 nitrogen and oxygen atoms in total. The van der Waals surface area contributed by atoms with Crippen LogP contribution in [-0.4, -0.2) is 10.9 Å². The van der Waals surface area contributed by atoms with E-state index in [9.17, 15) is 14.9 Å². The van der Waals surface area contributed by atoms with Crippen molar-refractivity contribution in [2.24, 2.45) is 0 Å². The summed E-state index contributed by atoms with van der Waals surface area (Å²) in [5, 5.41) is 14.7. The second kappa shape index (κ2) is 5.68. The van der Waals surface area contributed by atoms with Crippen LogP contribution in [0, 0.1) is 10.1 Å². The lowest BCUT2D eigenvalue weighted by Crippen LogP contribution is -2.08. The number of nitro groups is 1. The van der Waals surface area contributed by atoms with Crippen molar-refractivity contribution in [3.05, 3.63) is 64.2 Å². The first kappa shape index (κ1) is 15.0. The molecule has 0 saturated carbocycles. The fraction of sp³-hybridized carbons (Fsp3) is 0.167. The normalized spacial score (nSPS) is 12.3. The molecule has 0 fully saturated rings. The zero-order valence-corrected chi connectivity index (χ0v) is 12.8. The molecule has 0 N–H and O–H groups in total. The summed E-state index contributed by atoms with van der Waals surface area (Å²) in [6, 6.07) is 14.7. The van der Waals surface area contributed by atoms with Gasteiger partial charge in [0.2, 0.25) is 0 Å². The van der Waals surface area contributed by atoms with Gasteiger partial charge in [0.25, 0.3) is 5.69 Å². The number of ether oxygens (including phenoxy) is 1. The highest BCUT2D eigenvalue weighted by molar-refractivity contribution is 6.13. The summed E-state index contributed by atoms with van der Waals surface area (Å²) in [6.45, 7) is 2.95. The van der Waals surface area contributed by atoms with E-state index in [1.807, 2.05) is 36.4 Å². The van der Waals surface area contributed by atoms with Gasteiger partial charge in [-0.15, -0.1) is 0 Å². The minimum Gasteiger partial charge on any atom is -0.458 e. The first-order chi connectivity index (χ1) is 11.0. The van der Waals surface area contributed by atoms with Gasteiger partial charge >= 0.3 is 5.97 Å². The van der Waals surface area contributed by atoms with E-state index in [0.29, 0.717) is 10.9 Å². The molecule has 0 bridgehead atoms. The van der Waals surface area contributed by atoms with Gasteiger partial charge in [-0.05, 0) is 29.1 Å². The Bertz CT molecular complexity index is 933. The van der Waals surface area contributed by atoms with Gasteiger partial charge < -0.3 is 4.74 Å². The molecule has 0 spiro atoms.